The zero-order chi connectivity index (χ0) is 14.1. The Morgan fingerprint density at radius 3 is 2.47 bits per heavy atom. The third-order valence-electron chi connectivity index (χ3n) is 4.35. The first-order valence-corrected chi connectivity index (χ1v) is 8.53. The molecule has 2 aliphatic rings. The molecule has 2 fully saturated rings. The lowest BCUT2D eigenvalue weighted by molar-refractivity contribution is -0.138. The van der Waals surface area contributed by atoms with Crippen molar-refractivity contribution in [3.63, 3.8) is 0 Å². The van der Waals surface area contributed by atoms with Crippen LogP contribution in [0.2, 0.25) is 0 Å². The molecule has 1 atom stereocenters. The minimum Gasteiger partial charge on any atom is -0.389 e. The van der Waals surface area contributed by atoms with Crippen LogP contribution >= 0.6 is 0 Å². The van der Waals surface area contributed by atoms with Gasteiger partial charge >= 0.3 is 0 Å². The van der Waals surface area contributed by atoms with Crippen molar-refractivity contribution in [3.8, 4) is 0 Å². The van der Waals surface area contributed by atoms with Crippen LogP contribution in [-0.2, 0) is 15.6 Å². The number of amides is 1. The molecule has 19 heavy (non-hydrogen) atoms. The molecule has 1 saturated heterocycles. The maximum atomic E-state index is 12.3. The summed E-state index contributed by atoms with van der Waals surface area (Å²) in [4.78, 5) is 14.1. The predicted octanol–water partition coefficient (Wildman–Crippen LogP) is 1.44. The second kappa shape index (κ2) is 5.52. The quantitative estimate of drug-likeness (QED) is 0.836. The van der Waals surface area contributed by atoms with E-state index in [9.17, 15) is 14.1 Å². The Morgan fingerprint density at radius 2 is 1.89 bits per heavy atom. The summed E-state index contributed by atoms with van der Waals surface area (Å²) in [6.07, 6.45) is 4.89. The van der Waals surface area contributed by atoms with Gasteiger partial charge in [0.05, 0.1) is 16.8 Å². The fourth-order valence-corrected chi connectivity index (χ4v) is 4.31. The van der Waals surface area contributed by atoms with E-state index in [1.165, 1.54) is 0 Å². The molecule has 1 heterocycles. The molecule has 4 nitrogen and oxygen atoms in total. The molecule has 1 aliphatic carbocycles. The predicted molar refractivity (Wildman–Crippen MR) is 76.3 cm³/mol. The second-order valence-electron chi connectivity index (χ2n) is 6.59. The van der Waals surface area contributed by atoms with E-state index in [-0.39, 0.29) is 17.1 Å². The zero-order valence-electron chi connectivity index (χ0n) is 12.0. The molecule has 1 aliphatic heterocycles. The summed E-state index contributed by atoms with van der Waals surface area (Å²) in [5.41, 5.74) is -0.796. The Kier molecular flexibility index (Phi) is 4.35. The van der Waals surface area contributed by atoms with Crippen LogP contribution in [0.1, 0.15) is 52.4 Å². The lowest BCUT2D eigenvalue weighted by Gasteiger charge is -2.39. The van der Waals surface area contributed by atoms with Gasteiger partial charge in [-0.3, -0.25) is 9.00 Å². The van der Waals surface area contributed by atoms with Crippen LogP contribution < -0.4 is 0 Å². The van der Waals surface area contributed by atoms with Crippen molar-refractivity contribution in [2.24, 2.45) is 0 Å². The molecule has 1 N–H and O–H groups in total. The number of carbonyl (C=O) groups is 1. The Bertz CT molecular complexity index is 375. The normalized spacial score (nSPS) is 30.1. The first-order chi connectivity index (χ1) is 8.82. The summed E-state index contributed by atoms with van der Waals surface area (Å²) in [6.45, 7) is 4.98. The molecule has 0 aromatic rings. The molecule has 0 aromatic heterocycles. The lowest BCUT2D eigenvalue weighted by Crippen LogP contribution is -2.53. The fraction of sp³-hybridized carbons (Fsp3) is 0.929. The molecule has 5 heteroatoms. The van der Waals surface area contributed by atoms with E-state index in [0.717, 1.165) is 32.1 Å². The van der Waals surface area contributed by atoms with Gasteiger partial charge < -0.3 is 10.0 Å². The van der Waals surface area contributed by atoms with Crippen molar-refractivity contribution in [3.05, 3.63) is 0 Å². The van der Waals surface area contributed by atoms with E-state index in [1.54, 1.807) is 4.90 Å². The van der Waals surface area contributed by atoms with E-state index < -0.39 is 16.4 Å². The van der Waals surface area contributed by atoms with Gasteiger partial charge in [0.25, 0.3) is 0 Å². The highest BCUT2D eigenvalue weighted by atomic mass is 32.2. The summed E-state index contributed by atoms with van der Waals surface area (Å²) in [5, 5.41) is 10.4. The van der Waals surface area contributed by atoms with Gasteiger partial charge in [-0.1, -0.05) is 19.3 Å². The molecule has 1 saturated carbocycles. The summed E-state index contributed by atoms with van der Waals surface area (Å²) in [5.74, 6) is 0.575. The number of aliphatic hydroxyl groups is 1. The third kappa shape index (κ3) is 3.57. The van der Waals surface area contributed by atoms with E-state index in [2.05, 4.69) is 0 Å². The van der Waals surface area contributed by atoms with Crippen molar-refractivity contribution in [2.75, 3.05) is 18.8 Å². The Labute approximate surface area is 118 Å². The van der Waals surface area contributed by atoms with E-state index >= 15 is 0 Å². The molecule has 1 unspecified atom stereocenters. The molecular formula is C14H25NO3S. The highest BCUT2D eigenvalue weighted by Gasteiger charge is 2.38. The zero-order valence-corrected chi connectivity index (χ0v) is 12.8. The maximum Gasteiger partial charge on any atom is 0.225 e. The van der Waals surface area contributed by atoms with Gasteiger partial charge in [-0.2, -0.15) is 0 Å². The minimum absolute atomic E-state index is 0.0224. The Morgan fingerprint density at radius 1 is 1.26 bits per heavy atom. The Hall–Kier alpha value is -0.420. The topological polar surface area (TPSA) is 57.6 Å². The molecule has 2 rings (SSSR count). The van der Waals surface area contributed by atoms with Gasteiger partial charge in [0, 0.05) is 29.6 Å². The average Bonchev–Trinajstić information content (AvgIpc) is 2.33. The Balaban J connectivity index is 1.95. The smallest absolute Gasteiger partial charge is 0.225 e. The first-order valence-electron chi connectivity index (χ1n) is 7.21. The lowest BCUT2D eigenvalue weighted by atomic mass is 9.82. The molecule has 0 radical (unpaired) electrons. The number of rotatable bonds is 2. The fourth-order valence-electron chi connectivity index (χ4n) is 3.07. The SMILES string of the molecule is CC1(C)CN(C(=O)CC2(O)CCCCC2)CCS1=O. The van der Waals surface area contributed by atoms with Crippen molar-refractivity contribution in [1.29, 1.82) is 0 Å². The summed E-state index contributed by atoms with van der Waals surface area (Å²) >= 11 is 0. The number of hydrogen-bond acceptors (Lipinski definition) is 3. The largest absolute Gasteiger partial charge is 0.389 e. The van der Waals surface area contributed by atoms with Crippen LogP contribution in [0.25, 0.3) is 0 Å². The number of hydrogen-bond donors (Lipinski definition) is 1. The monoisotopic (exact) mass is 287 g/mol. The molecule has 1 amide bonds. The molecule has 110 valence electrons. The summed E-state index contributed by atoms with van der Waals surface area (Å²) < 4.78 is 11.5. The number of nitrogens with zero attached hydrogens (tertiary/aromatic N) is 1. The van der Waals surface area contributed by atoms with Gasteiger partial charge in [-0.15, -0.1) is 0 Å². The van der Waals surface area contributed by atoms with Crippen LogP contribution in [0.4, 0.5) is 0 Å². The van der Waals surface area contributed by atoms with Gasteiger partial charge in [0.1, 0.15) is 0 Å². The first kappa shape index (κ1) is 15.0. The van der Waals surface area contributed by atoms with Crippen LogP contribution in [0.15, 0.2) is 0 Å². The van der Waals surface area contributed by atoms with Gasteiger partial charge in [-0.05, 0) is 26.7 Å². The van der Waals surface area contributed by atoms with Crippen molar-refractivity contribution in [2.45, 2.75) is 62.7 Å². The van der Waals surface area contributed by atoms with Gasteiger partial charge in [0.2, 0.25) is 5.91 Å². The highest BCUT2D eigenvalue weighted by molar-refractivity contribution is 7.86. The van der Waals surface area contributed by atoms with Crippen molar-refractivity contribution in [1.82, 2.24) is 4.90 Å². The van der Waals surface area contributed by atoms with Crippen molar-refractivity contribution >= 4 is 16.7 Å². The van der Waals surface area contributed by atoms with E-state index in [0.29, 0.717) is 18.8 Å². The third-order valence-corrected chi connectivity index (χ3v) is 6.27. The maximum absolute atomic E-state index is 12.3. The number of carbonyl (C=O) groups excluding carboxylic acids is 1. The molecule has 0 bridgehead atoms. The van der Waals surface area contributed by atoms with Crippen LogP contribution in [-0.4, -0.2) is 49.3 Å². The van der Waals surface area contributed by atoms with Crippen LogP contribution in [0.5, 0.6) is 0 Å². The van der Waals surface area contributed by atoms with E-state index in [1.807, 2.05) is 13.8 Å². The standard InChI is InChI=1S/C14H25NO3S/c1-13(2)11-15(8-9-19(13)18)12(16)10-14(17)6-4-3-5-7-14/h17H,3-11H2,1-2H3. The second-order valence-corrected chi connectivity index (χ2v) is 8.79. The van der Waals surface area contributed by atoms with Crippen molar-refractivity contribution < 1.29 is 14.1 Å². The van der Waals surface area contributed by atoms with Crippen LogP contribution in [0.3, 0.4) is 0 Å². The minimum atomic E-state index is -0.861. The van der Waals surface area contributed by atoms with Crippen LogP contribution in [0, 0.1) is 0 Å². The molecular weight excluding hydrogens is 262 g/mol. The molecule has 0 aromatic carbocycles. The summed E-state index contributed by atoms with van der Waals surface area (Å²) in [6, 6.07) is 0. The highest BCUT2D eigenvalue weighted by Crippen LogP contribution is 2.32. The molecule has 0 spiro atoms. The van der Waals surface area contributed by atoms with E-state index in [4.69, 9.17) is 0 Å². The average molecular weight is 287 g/mol. The van der Waals surface area contributed by atoms with Gasteiger partial charge in [-0.25, -0.2) is 0 Å². The van der Waals surface area contributed by atoms with Gasteiger partial charge in [0.15, 0.2) is 0 Å². The summed E-state index contributed by atoms with van der Waals surface area (Å²) in [7, 11) is -0.861.